The van der Waals surface area contributed by atoms with Crippen molar-refractivity contribution in [1.82, 2.24) is 4.98 Å². The lowest BCUT2D eigenvalue weighted by Crippen LogP contribution is -2.25. The fourth-order valence-corrected chi connectivity index (χ4v) is 2.77. The summed E-state index contributed by atoms with van der Waals surface area (Å²) >= 11 is 0. The summed E-state index contributed by atoms with van der Waals surface area (Å²) in [4.78, 5) is 16.4. The first-order valence-electron chi connectivity index (χ1n) is 7.84. The van der Waals surface area contributed by atoms with E-state index >= 15 is 0 Å². The molecule has 0 aliphatic heterocycles. The van der Waals surface area contributed by atoms with Gasteiger partial charge < -0.3 is 15.1 Å². The zero-order chi connectivity index (χ0) is 15.2. The van der Waals surface area contributed by atoms with Crippen molar-refractivity contribution in [3.05, 3.63) is 42.5 Å². The molecule has 3 rings (SSSR count). The molecule has 5 heteroatoms. The highest BCUT2D eigenvalue weighted by molar-refractivity contribution is 5.91. The lowest BCUT2D eigenvalue weighted by molar-refractivity contribution is -0.120. The number of nitrogens with zero attached hydrogens (tertiary/aromatic N) is 1. The van der Waals surface area contributed by atoms with Gasteiger partial charge in [0.25, 0.3) is 0 Å². The summed E-state index contributed by atoms with van der Waals surface area (Å²) in [5.74, 6) is 1.73. The van der Waals surface area contributed by atoms with Gasteiger partial charge in [0.05, 0.1) is 24.7 Å². The summed E-state index contributed by atoms with van der Waals surface area (Å²) < 4.78 is 5.26. The largest absolute Gasteiger partial charge is 0.467 e. The highest BCUT2D eigenvalue weighted by Crippen LogP contribution is 2.24. The number of furan rings is 1. The smallest absolute Gasteiger partial charge is 0.228 e. The van der Waals surface area contributed by atoms with Crippen molar-refractivity contribution in [2.45, 2.75) is 38.6 Å². The van der Waals surface area contributed by atoms with Gasteiger partial charge in [-0.15, -0.1) is 0 Å². The zero-order valence-corrected chi connectivity index (χ0v) is 12.5. The first kappa shape index (κ1) is 14.6. The normalized spacial score (nSPS) is 15.5. The van der Waals surface area contributed by atoms with E-state index < -0.39 is 0 Å². The van der Waals surface area contributed by atoms with E-state index in [-0.39, 0.29) is 11.8 Å². The molecule has 1 amide bonds. The van der Waals surface area contributed by atoms with Gasteiger partial charge in [0.15, 0.2) is 0 Å². The van der Waals surface area contributed by atoms with E-state index in [9.17, 15) is 4.79 Å². The van der Waals surface area contributed by atoms with E-state index in [4.69, 9.17) is 4.42 Å². The van der Waals surface area contributed by atoms with E-state index in [0.29, 0.717) is 12.4 Å². The summed E-state index contributed by atoms with van der Waals surface area (Å²) in [5, 5.41) is 6.13. The maximum Gasteiger partial charge on any atom is 0.228 e. The molecule has 0 radical (unpaired) electrons. The molecular formula is C17H21N3O2. The SMILES string of the molecule is O=C(Nc1ccc(NCc2ccco2)cn1)C1CCCCC1. The van der Waals surface area contributed by atoms with Crippen molar-refractivity contribution >= 4 is 17.4 Å². The highest BCUT2D eigenvalue weighted by atomic mass is 16.3. The van der Waals surface area contributed by atoms with E-state index in [1.165, 1.54) is 6.42 Å². The zero-order valence-electron chi connectivity index (χ0n) is 12.5. The molecule has 0 aromatic carbocycles. The van der Waals surface area contributed by atoms with Crippen LogP contribution in [0.2, 0.25) is 0 Å². The number of pyridine rings is 1. The van der Waals surface area contributed by atoms with E-state index in [1.54, 1.807) is 12.5 Å². The molecule has 1 aliphatic rings. The second-order valence-electron chi connectivity index (χ2n) is 5.69. The molecule has 0 unspecified atom stereocenters. The number of aromatic nitrogens is 1. The molecule has 5 nitrogen and oxygen atoms in total. The Balaban J connectivity index is 1.51. The molecule has 0 spiro atoms. The number of nitrogens with one attached hydrogen (secondary N) is 2. The summed E-state index contributed by atoms with van der Waals surface area (Å²) in [6.45, 7) is 0.614. The van der Waals surface area contributed by atoms with Gasteiger partial charge in [-0.05, 0) is 37.1 Å². The number of hydrogen-bond acceptors (Lipinski definition) is 4. The van der Waals surface area contributed by atoms with E-state index in [1.807, 2.05) is 24.3 Å². The Bertz CT molecular complexity index is 587. The molecule has 22 heavy (non-hydrogen) atoms. The van der Waals surface area contributed by atoms with Crippen LogP contribution in [0.5, 0.6) is 0 Å². The first-order valence-corrected chi connectivity index (χ1v) is 7.84. The maximum absolute atomic E-state index is 12.2. The summed E-state index contributed by atoms with van der Waals surface area (Å²) in [5.41, 5.74) is 0.895. The average molecular weight is 299 g/mol. The molecule has 116 valence electrons. The van der Waals surface area contributed by atoms with Gasteiger partial charge in [-0.3, -0.25) is 4.79 Å². The molecule has 2 aromatic rings. The van der Waals surface area contributed by atoms with Crippen molar-refractivity contribution in [3.8, 4) is 0 Å². The van der Waals surface area contributed by atoms with Crippen LogP contribution in [0.25, 0.3) is 0 Å². The lowest BCUT2D eigenvalue weighted by Gasteiger charge is -2.20. The molecule has 2 N–H and O–H groups in total. The average Bonchev–Trinajstić information content (AvgIpc) is 3.08. The molecule has 0 atom stereocenters. The third-order valence-corrected chi connectivity index (χ3v) is 4.04. The molecule has 0 bridgehead atoms. The molecule has 1 saturated carbocycles. The summed E-state index contributed by atoms with van der Waals surface area (Å²) in [7, 11) is 0. The van der Waals surface area contributed by atoms with Crippen molar-refractivity contribution in [1.29, 1.82) is 0 Å². The monoisotopic (exact) mass is 299 g/mol. The first-order chi connectivity index (χ1) is 10.8. The number of hydrogen-bond donors (Lipinski definition) is 2. The Hall–Kier alpha value is -2.30. The van der Waals surface area contributed by atoms with E-state index in [2.05, 4.69) is 15.6 Å². The van der Waals surface area contributed by atoms with Crippen molar-refractivity contribution in [3.63, 3.8) is 0 Å². The molecule has 0 saturated heterocycles. The Kier molecular flexibility index (Phi) is 4.73. The van der Waals surface area contributed by atoms with Crippen LogP contribution in [-0.4, -0.2) is 10.9 Å². The van der Waals surface area contributed by atoms with Gasteiger partial charge in [0.2, 0.25) is 5.91 Å². The van der Waals surface area contributed by atoms with Gasteiger partial charge in [0.1, 0.15) is 11.6 Å². The van der Waals surface area contributed by atoms with Crippen LogP contribution >= 0.6 is 0 Å². The topological polar surface area (TPSA) is 67.2 Å². The van der Waals surface area contributed by atoms with Gasteiger partial charge in [-0.2, -0.15) is 0 Å². The number of amides is 1. The molecule has 2 aromatic heterocycles. The van der Waals surface area contributed by atoms with Crippen molar-refractivity contribution in [2.75, 3.05) is 10.6 Å². The van der Waals surface area contributed by atoms with Crippen LogP contribution in [0, 0.1) is 5.92 Å². The molecule has 1 fully saturated rings. The van der Waals surface area contributed by atoms with Gasteiger partial charge >= 0.3 is 0 Å². The molecular weight excluding hydrogens is 278 g/mol. The van der Waals surface area contributed by atoms with Crippen molar-refractivity contribution in [2.24, 2.45) is 5.92 Å². The fourth-order valence-electron chi connectivity index (χ4n) is 2.77. The third kappa shape index (κ3) is 3.87. The lowest BCUT2D eigenvalue weighted by atomic mass is 9.89. The van der Waals surface area contributed by atoms with Gasteiger partial charge in [0, 0.05) is 5.92 Å². The summed E-state index contributed by atoms with van der Waals surface area (Å²) in [6, 6.07) is 7.51. The van der Waals surface area contributed by atoms with Crippen LogP contribution in [0.3, 0.4) is 0 Å². The number of carbonyl (C=O) groups excluding carboxylic acids is 1. The Labute approximate surface area is 130 Å². The minimum Gasteiger partial charge on any atom is -0.467 e. The fraction of sp³-hybridized carbons (Fsp3) is 0.412. The van der Waals surface area contributed by atoms with Crippen molar-refractivity contribution < 1.29 is 9.21 Å². The minimum atomic E-state index is 0.100. The van der Waals surface area contributed by atoms with E-state index in [0.717, 1.165) is 37.1 Å². The Morgan fingerprint density at radius 3 is 2.77 bits per heavy atom. The third-order valence-electron chi connectivity index (χ3n) is 4.04. The van der Waals surface area contributed by atoms with Crippen LogP contribution in [-0.2, 0) is 11.3 Å². The standard InChI is InChI=1S/C17H21N3O2/c21-17(13-5-2-1-3-6-13)20-16-9-8-14(11-19-16)18-12-15-7-4-10-22-15/h4,7-11,13,18H,1-3,5-6,12H2,(H,19,20,21). The van der Waals surface area contributed by atoms with Gasteiger partial charge in [-0.1, -0.05) is 19.3 Å². The summed E-state index contributed by atoms with van der Waals surface area (Å²) in [6.07, 6.45) is 8.92. The number of carbonyl (C=O) groups is 1. The van der Waals surface area contributed by atoms with Crippen LogP contribution in [0.1, 0.15) is 37.9 Å². The predicted molar refractivity (Wildman–Crippen MR) is 85.5 cm³/mol. The maximum atomic E-state index is 12.2. The quantitative estimate of drug-likeness (QED) is 0.881. The van der Waals surface area contributed by atoms with Crippen LogP contribution in [0.15, 0.2) is 41.1 Å². The van der Waals surface area contributed by atoms with Crippen LogP contribution < -0.4 is 10.6 Å². The Morgan fingerprint density at radius 1 is 1.23 bits per heavy atom. The number of rotatable bonds is 5. The second kappa shape index (κ2) is 7.11. The Morgan fingerprint density at radius 2 is 2.09 bits per heavy atom. The highest BCUT2D eigenvalue weighted by Gasteiger charge is 2.21. The predicted octanol–water partition coefficient (Wildman–Crippen LogP) is 3.81. The second-order valence-corrected chi connectivity index (χ2v) is 5.69. The van der Waals surface area contributed by atoms with Gasteiger partial charge in [-0.25, -0.2) is 4.98 Å². The van der Waals surface area contributed by atoms with Crippen LogP contribution in [0.4, 0.5) is 11.5 Å². The molecule has 1 aliphatic carbocycles. The number of anilines is 2. The molecule has 2 heterocycles. The minimum absolute atomic E-state index is 0.100.